The Balaban J connectivity index is 0.000000222. The highest BCUT2D eigenvalue weighted by Gasteiger charge is 2.28. The van der Waals surface area contributed by atoms with Gasteiger partial charge in [0.1, 0.15) is 0 Å². The zero-order valence-corrected chi connectivity index (χ0v) is 13.1. The highest BCUT2D eigenvalue weighted by atomic mass is 31.3. The van der Waals surface area contributed by atoms with Gasteiger partial charge >= 0.3 is 15.6 Å². The summed E-state index contributed by atoms with van der Waals surface area (Å²) in [5, 5.41) is 0. The monoisotopic (exact) mass is 340 g/mol. The molecule has 21 heavy (non-hydrogen) atoms. The van der Waals surface area contributed by atoms with Gasteiger partial charge in [-0.2, -0.15) is 4.31 Å². The highest BCUT2D eigenvalue weighted by molar-refractivity contribution is 7.60. The summed E-state index contributed by atoms with van der Waals surface area (Å²) in [5.41, 5.74) is 1.36. The fourth-order valence-electron chi connectivity index (χ4n) is 2.04. The minimum absolute atomic E-state index is 0.610. The van der Waals surface area contributed by atoms with Crippen LogP contribution in [0.3, 0.4) is 0 Å². The van der Waals surface area contributed by atoms with Crippen LogP contribution in [0.4, 0.5) is 0 Å². The molecule has 120 valence electrons. The maximum atomic E-state index is 9.63. The predicted molar refractivity (Wildman–Crippen MR) is 74.0 cm³/mol. The number of hydrogen-bond acceptors (Lipinski definition) is 5. The molecule has 0 spiro atoms. The third kappa shape index (κ3) is 7.80. The van der Waals surface area contributed by atoms with Crippen molar-refractivity contribution in [3.05, 3.63) is 30.1 Å². The van der Waals surface area contributed by atoms with Crippen molar-refractivity contribution in [2.75, 3.05) is 13.6 Å². The van der Waals surface area contributed by atoms with Gasteiger partial charge in [-0.25, -0.2) is 9.13 Å². The molecule has 4 N–H and O–H groups in total. The van der Waals surface area contributed by atoms with E-state index in [4.69, 9.17) is 19.6 Å². The Bertz CT molecular complexity index is 509. The van der Waals surface area contributed by atoms with Crippen LogP contribution in [0.5, 0.6) is 0 Å². The maximum Gasteiger partial charge on any atom is 0.478 e. The Hall–Kier alpha value is -0.630. The molecule has 1 fully saturated rings. The van der Waals surface area contributed by atoms with Crippen molar-refractivity contribution in [2.45, 2.75) is 18.9 Å². The molecule has 2 heterocycles. The van der Waals surface area contributed by atoms with E-state index in [1.54, 1.807) is 0 Å². The van der Waals surface area contributed by atoms with Gasteiger partial charge in [0.2, 0.25) is 0 Å². The topological polar surface area (TPSA) is 140 Å². The second-order valence-corrected chi connectivity index (χ2v) is 7.10. The van der Waals surface area contributed by atoms with E-state index in [2.05, 4.69) is 27.3 Å². The van der Waals surface area contributed by atoms with E-state index in [0.717, 1.165) is 0 Å². The summed E-state index contributed by atoms with van der Waals surface area (Å²) in [6.07, 6.45) is 6.41. The van der Waals surface area contributed by atoms with E-state index in [1.165, 1.54) is 24.9 Å². The van der Waals surface area contributed by atoms with Crippen molar-refractivity contribution in [3.63, 3.8) is 0 Å². The first kappa shape index (κ1) is 18.4. The number of hydrogen-bond donors (Lipinski definition) is 4. The summed E-state index contributed by atoms with van der Waals surface area (Å²) in [5.74, 6) is 0. The molecule has 1 saturated heterocycles. The molecule has 0 aliphatic carbocycles. The standard InChI is InChI=1S/C10H14N2.H4O7P2/c1-12-7-3-5-10(12)9-4-2-6-11-8-9;1-8(2,3)7-9(4,5)6/h2,4,6,8,10H,3,5,7H2,1H3;(H2,1,2,3)(H2,4,5,6). The van der Waals surface area contributed by atoms with E-state index in [0.29, 0.717) is 6.04 Å². The average molecular weight is 340 g/mol. The highest BCUT2D eigenvalue weighted by Crippen LogP contribution is 2.53. The lowest BCUT2D eigenvalue weighted by molar-refractivity contribution is 0.225. The quantitative estimate of drug-likeness (QED) is 0.594. The minimum Gasteiger partial charge on any atom is -0.302 e. The third-order valence-electron chi connectivity index (χ3n) is 2.80. The summed E-state index contributed by atoms with van der Waals surface area (Å²) in [7, 11) is -7.92. The Kier molecular flexibility index (Phi) is 6.65. The van der Waals surface area contributed by atoms with Crippen LogP contribution in [0, 0.1) is 0 Å². The molecular formula is C10H18N2O7P2. The first-order chi connectivity index (χ1) is 9.58. The SMILES string of the molecule is CN1CCCC1c1cccnc1.O=P(O)(O)OP(=O)(O)O. The summed E-state index contributed by atoms with van der Waals surface area (Å²) < 4.78 is 22.2. The number of likely N-dealkylation sites (tertiary alicyclic amines) is 1. The lowest BCUT2D eigenvalue weighted by atomic mass is 10.1. The van der Waals surface area contributed by atoms with Crippen LogP contribution in [-0.2, 0) is 13.4 Å². The molecule has 9 nitrogen and oxygen atoms in total. The van der Waals surface area contributed by atoms with Crippen LogP contribution in [0.1, 0.15) is 24.4 Å². The lowest BCUT2D eigenvalue weighted by Gasteiger charge is -2.18. The van der Waals surface area contributed by atoms with Gasteiger partial charge in [0.15, 0.2) is 0 Å². The lowest BCUT2D eigenvalue weighted by Crippen LogP contribution is -2.17. The summed E-state index contributed by atoms with van der Waals surface area (Å²) in [6, 6.07) is 4.79. The molecule has 1 aromatic heterocycles. The van der Waals surface area contributed by atoms with Crippen LogP contribution in [0.25, 0.3) is 0 Å². The Morgan fingerprint density at radius 1 is 1.29 bits per heavy atom. The number of phosphoric acid groups is 2. The second kappa shape index (κ2) is 7.58. The molecule has 0 bridgehead atoms. The van der Waals surface area contributed by atoms with Crippen LogP contribution >= 0.6 is 15.6 Å². The van der Waals surface area contributed by atoms with Gasteiger partial charge in [-0.05, 0) is 38.1 Å². The van der Waals surface area contributed by atoms with Crippen molar-refractivity contribution in [2.24, 2.45) is 0 Å². The number of pyridine rings is 1. The van der Waals surface area contributed by atoms with Crippen LogP contribution in [-0.4, -0.2) is 43.0 Å². The van der Waals surface area contributed by atoms with Crippen LogP contribution in [0.2, 0.25) is 0 Å². The van der Waals surface area contributed by atoms with Crippen molar-refractivity contribution in [1.29, 1.82) is 0 Å². The molecule has 1 aromatic rings. The third-order valence-corrected chi connectivity index (χ3v) is 4.50. The Labute approximate surface area is 122 Å². The van der Waals surface area contributed by atoms with Crippen molar-refractivity contribution in [3.8, 4) is 0 Å². The van der Waals surface area contributed by atoms with E-state index < -0.39 is 15.6 Å². The summed E-state index contributed by atoms with van der Waals surface area (Å²) in [4.78, 5) is 37.5. The predicted octanol–water partition coefficient (Wildman–Crippen LogP) is 1.04. The molecule has 1 aliphatic rings. The molecule has 0 radical (unpaired) electrons. The summed E-state index contributed by atoms with van der Waals surface area (Å²) >= 11 is 0. The maximum absolute atomic E-state index is 9.63. The minimum atomic E-state index is -5.05. The van der Waals surface area contributed by atoms with E-state index in [9.17, 15) is 9.13 Å². The van der Waals surface area contributed by atoms with Gasteiger partial charge in [0, 0.05) is 18.4 Å². The van der Waals surface area contributed by atoms with Crippen molar-refractivity contribution < 1.29 is 33.0 Å². The van der Waals surface area contributed by atoms with Crippen LogP contribution in [0.15, 0.2) is 24.5 Å². The molecule has 0 saturated carbocycles. The number of nitrogens with zero attached hydrogens (tertiary/aromatic N) is 2. The van der Waals surface area contributed by atoms with Crippen molar-refractivity contribution in [1.82, 2.24) is 9.88 Å². The van der Waals surface area contributed by atoms with Gasteiger partial charge in [-0.1, -0.05) is 6.07 Å². The van der Waals surface area contributed by atoms with Crippen LogP contribution < -0.4 is 0 Å². The molecule has 0 amide bonds. The van der Waals surface area contributed by atoms with Gasteiger partial charge in [-0.15, -0.1) is 0 Å². The smallest absolute Gasteiger partial charge is 0.302 e. The van der Waals surface area contributed by atoms with Gasteiger partial charge in [0.25, 0.3) is 0 Å². The number of rotatable bonds is 3. The van der Waals surface area contributed by atoms with E-state index in [1.807, 2.05) is 18.5 Å². The van der Waals surface area contributed by atoms with E-state index in [-0.39, 0.29) is 0 Å². The number of aromatic nitrogens is 1. The Morgan fingerprint density at radius 3 is 2.24 bits per heavy atom. The molecular weight excluding hydrogens is 322 g/mol. The molecule has 2 rings (SSSR count). The van der Waals surface area contributed by atoms with Crippen molar-refractivity contribution >= 4 is 15.6 Å². The molecule has 11 heteroatoms. The van der Waals surface area contributed by atoms with Gasteiger partial charge in [0.05, 0.1) is 0 Å². The first-order valence-electron chi connectivity index (χ1n) is 6.01. The van der Waals surface area contributed by atoms with E-state index >= 15 is 0 Å². The molecule has 1 aliphatic heterocycles. The fourth-order valence-corrected chi connectivity index (χ4v) is 3.15. The second-order valence-electron chi connectivity index (χ2n) is 4.49. The molecule has 0 aromatic carbocycles. The van der Waals surface area contributed by atoms with Gasteiger partial charge in [-0.3, -0.25) is 9.88 Å². The zero-order chi connectivity index (χ0) is 16.1. The zero-order valence-electron chi connectivity index (χ0n) is 11.3. The largest absolute Gasteiger partial charge is 0.478 e. The normalized spacial score (nSPS) is 20.0. The first-order valence-corrected chi connectivity index (χ1v) is 9.07. The Morgan fingerprint density at radius 2 is 1.90 bits per heavy atom. The average Bonchev–Trinajstić information content (AvgIpc) is 2.72. The van der Waals surface area contributed by atoms with Gasteiger partial charge < -0.3 is 19.6 Å². The molecule has 1 unspecified atom stereocenters. The fraction of sp³-hybridized carbons (Fsp3) is 0.500. The molecule has 1 atom stereocenters. The summed E-state index contributed by atoms with van der Waals surface area (Å²) in [6.45, 7) is 1.22.